The maximum absolute atomic E-state index is 12.2. The van der Waals surface area contributed by atoms with Crippen molar-refractivity contribution in [3.05, 3.63) is 89.9 Å². The van der Waals surface area contributed by atoms with Gasteiger partial charge in [0.1, 0.15) is 0 Å². The van der Waals surface area contributed by atoms with Crippen LogP contribution in [0.3, 0.4) is 0 Å². The highest BCUT2D eigenvalue weighted by molar-refractivity contribution is 6.04. The molecule has 0 saturated carbocycles. The Morgan fingerprint density at radius 2 is 1.64 bits per heavy atom. The van der Waals surface area contributed by atoms with Crippen LogP contribution >= 0.6 is 0 Å². The highest BCUT2D eigenvalue weighted by atomic mass is 16.3. The molecule has 0 unspecified atom stereocenters. The molecule has 0 atom stereocenters. The van der Waals surface area contributed by atoms with E-state index < -0.39 is 0 Å². The SMILES string of the molecule is CC(C)c1ccc(C=CC(=O)Nc2cccc(NC(=O)c3ccco3)c2)cc1. The van der Waals surface area contributed by atoms with Gasteiger partial charge in [0.05, 0.1) is 6.26 Å². The van der Waals surface area contributed by atoms with Crippen LogP contribution < -0.4 is 10.6 Å². The van der Waals surface area contributed by atoms with Crippen LogP contribution in [-0.2, 0) is 4.79 Å². The molecule has 1 aromatic heterocycles. The van der Waals surface area contributed by atoms with E-state index in [0.29, 0.717) is 17.3 Å². The maximum Gasteiger partial charge on any atom is 0.291 e. The van der Waals surface area contributed by atoms with Crippen molar-refractivity contribution in [2.75, 3.05) is 10.6 Å². The standard InChI is InChI=1S/C23H22N2O3/c1-16(2)18-11-8-17(9-12-18)10-13-22(26)24-19-5-3-6-20(15-19)25-23(27)21-7-4-14-28-21/h3-16H,1-2H3,(H,24,26)(H,25,27). The van der Waals surface area contributed by atoms with Crippen LogP contribution in [0.15, 0.2) is 77.4 Å². The second kappa shape index (κ2) is 8.86. The molecule has 5 nitrogen and oxygen atoms in total. The van der Waals surface area contributed by atoms with Crippen LogP contribution in [0, 0.1) is 0 Å². The first kappa shape index (κ1) is 19.2. The summed E-state index contributed by atoms with van der Waals surface area (Å²) < 4.78 is 5.07. The summed E-state index contributed by atoms with van der Waals surface area (Å²) in [6, 6.07) is 18.3. The number of amides is 2. The van der Waals surface area contributed by atoms with Crippen molar-refractivity contribution < 1.29 is 14.0 Å². The fourth-order valence-electron chi connectivity index (χ4n) is 2.62. The summed E-state index contributed by atoms with van der Waals surface area (Å²) in [5.74, 6) is 0.100. The average molecular weight is 374 g/mol. The smallest absolute Gasteiger partial charge is 0.291 e. The van der Waals surface area contributed by atoms with Gasteiger partial charge in [0.25, 0.3) is 5.91 Å². The monoisotopic (exact) mass is 374 g/mol. The molecule has 0 radical (unpaired) electrons. The van der Waals surface area contributed by atoms with Gasteiger partial charge in [0.2, 0.25) is 5.91 Å². The minimum Gasteiger partial charge on any atom is -0.459 e. The zero-order valence-electron chi connectivity index (χ0n) is 15.8. The molecule has 0 saturated heterocycles. The summed E-state index contributed by atoms with van der Waals surface area (Å²) in [5.41, 5.74) is 3.36. The van der Waals surface area contributed by atoms with Gasteiger partial charge in [-0.3, -0.25) is 9.59 Å². The molecular weight excluding hydrogens is 352 g/mol. The molecule has 0 aliphatic carbocycles. The number of hydrogen-bond acceptors (Lipinski definition) is 3. The zero-order valence-corrected chi connectivity index (χ0v) is 15.8. The number of carbonyl (C=O) groups excluding carboxylic acids is 2. The molecule has 142 valence electrons. The summed E-state index contributed by atoms with van der Waals surface area (Å²) in [5, 5.41) is 5.52. The van der Waals surface area contributed by atoms with Crippen molar-refractivity contribution in [2.45, 2.75) is 19.8 Å². The third-order valence-corrected chi connectivity index (χ3v) is 4.16. The van der Waals surface area contributed by atoms with Crippen molar-refractivity contribution in [2.24, 2.45) is 0 Å². The van der Waals surface area contributed by atoms with E-state index in [0.717, 1.165) is 5.56 Å². The van der Waals surface area contributed by atoms with E-state index in [1.165, 1.54) is 17.9 Å². The second-order valence-corrected chi connectivity index (χ2v) is 6.66. The quantitative estimate of drug-likeness (QED) is 0.575. The largest absolute Gasteiger partial charge is 0.459 e. The Kier molecular flexibility index (Phi) is 6.07. The summed E-state index contributed by atoms with van der Waals surface area (Å²) >= 11 is 0. The predicted molar refractivity (Wildman–Crippen MR) is 111 cm³/mol. The summed E-state index contributed by atoms with van der Waals surface area (Å²) in [6.07, 6.45) is 4.69. The summed E-state index contributed by atoms with van der Waals surface area (Å²) in [7, 11) is 0. The maximum atomic E-state index is 12.2. The first-order chi connectivity index (χ1) is 13.5. The van der Waals surface area contributed by atoms with Gasteiger partial charge < -0.3 is 15.1 Å². The Hall–Kier alpha value is -3.60. The van der Waals surface area contributed by atoms with Crippen LogP contribution in [0.25, 0.3) is 6.08 Å². The molecule has 0 fully saturated rings. The molecular formula is C23H22N2O3. The van der Waals surface area contributed by atoms with E-state index >= 15 is 0 Å². The number of benzene rings is 2. The minimum absolute atomic E-state index is 0.223. The number of carbonyl (C=O) groups is 2. The zero-order chi connectivity index (χ0) is 19.9. The molecule has 5 heteroatoms. The van der Waals surface area contributed by atoms with Crippen LogP contribution in [0.4, 0.5) is 11.4 Å². The van der Waals surface area contributed by atoms with Gasteiger partial charge in [-0.2, -0.15) is 0 Å². The fourth-order valence-corrected chi connectivity index (χ4v) is 2.62. The van der Waals surface area contributed by atoms with Crippen molar-refractivity contribution in [1.29, 1.82) is 0 Å². The fraction of sp³-hybridized carbons (Fsp3) is 0.130. The first-order valence-corrected chi connectivity index (χ1v) is 9.05. The third kappa shape index (κ3) is 5.20. The van der Waals surface area contributed by atoms with Crippen molar-refractivity contribution >= 4 is 29.3 Å². The van der Waals surface area contributed by atoms with Crippen molar-refractivity contribution in [1.82, 2.24) is 0 Å². The summed E-state index contributed by atoms with van der Waals surface area (Å²) in [6.45, 7) is 4.28. The Morgan fingerprint density at radius 3 is 2.29 bits per heavy atom. The van der Waals surface area contributed by atoms with E-state index in [9.17, 15) is 9.59 Å². The molecule has 2 amide bonds. The van der Waals surface area contributed by atoms with Gasteiger partial charge in [-0.25, -0.2) is 0 Å². The van der Waals surface area contributed by atoms with Crippen LogP contribution in [0.5, 0.6) is 0 Å². The number of anilines is 2. The number of nitrogens with one attached hydrogen (secondary N) is 2. The molecule has 0 spiro atoms. The number of hydrogen-bond donors (Lipinski definition) is 2. The molecule has 28 heavy (non-hydrogen) atoms. The molecule has 2 N–H and O–H groups in total. The molecule has 3 aromatic rings. The van der Waals surface area contributed by atoms with Gasteiger partial charge in [0.15, 0.2) is 5.76 Å². The predicted octanol–water partition coefficient (Wildman–Crippen LogP) is 5.31. The van der Waals surface area contributed by atoms with E-state index in [1.54, 1.807) is 42.5 Å². The number of rotatable bonds is 6. The highest BCUT2D eigenvalue weighted by Crippen LogP contribution is 2.17. The summed E-state index contributed by atoms with van der Waals surface area (Å²) in [4.78, 5) is 24.2. The van der Waals surface area contributed by atoms with Gasteiger partial charge in [-0.1, -0.05) is 44.2 Å². The van der Waals surface area contributed by atoms with Gasteiger partial charge in [-0.05, 0) is 53.5 Å². The van der Waals surface area contributed by atoms with Crippen LogP contribution in [0.1, 0.15) is 41.4 Å². The Bertz CT molecular complexity index is 971. The van der Waals surface area contributed by atoms with E-state index in [1.807, 2.05) is 12.1 Å². The molecule has 2 aromatic carbocycles. The second-order valence-electron chi connectivity index (χ2n) is 6.66. The van der Waals surface area contributed by atoms with E-state index in [4.69, 9.17) is 4.42 Å². The lowest BCUT2D eigenvalue weighted by molar-refractivity contribution is -0.111. The van der Waals surface area contributed by atoms with Gasteiger partial charge in [0, 0.05) is 17.5 Å². The van der Waals surface area contributed by atoms with Crippen molar-refractivity contribution in [3.8, 4) is 0 Å². The molecule has 1 heterocycles. The topological polar surface area (TPSA) is 71.3 Å². The average Bonchev–Trinajstić information content (AvgIpc) is 3.22. The molecule has 0 bridgehead atoms. The molecule has 3 rings (SSSR count). The lowest BCUT2D eigenvalue weighted by Crippen LogP contribution is -2.12. The van der Waals surface area contributed by atoms with Crippen molar-refractivity contribution in [3.63, 3.8) is 0 Å². The Labute approximate surface area is 164 Å². The third-order valence-electron chi connectivity index (χ3n) is 4.16. The Balaban J connectivity index is 1.60. The highest BCUT2D eigenvalue weighted by Gasteiger charge is 2.09. The lowest BCUT2D eigenvalue weighted by atomic mass is 10.0. The van der Waals surface area contributed by atoms with Crippen LogP contribution in [0.2, 0.25) is 0 Å². The molecule has 0 aliphatic heterocycles. The normalized spacial score (nSPS) is 11.0. The first-order valence-electron chi connectivity index (χ1n) is 9.05. The Morgan fingerprint density at radius 1 is 0.929 bits per heavy atom. The van der Waals surface area contributed by atoms with Crippen LogP contribution in [-0.4, -0.2) is 11.8 Å². The van der Waals surface area contributed by atoms with Gasteiger partial charge >= 0.3 is 0 Å². The minimum atomic E-state index is -0.349. The van der Waals surface area contributed by atoms with E-state index in [-0.39, 0.29) is 17.6 Å². The van der Waals surface area contributed by atoms with E-state index in [2.05, 4.69) is 36.6 Å². The molecule has 0 aliphatic rings. The van der Waals surface area contributed by atoms with Gasteiger partial charge in [-0.15, -0.1) is 0 Å². The number of furan rings is 1. The lowest BCUT2D eigenvalue weighted by Gasteiger charge is -2.07.